The van der Waals surface area contributed by atoms with E-state index in [2.05, 4.69) is 10.2 Å². The SMILES string of the molecule is NC(=O)C=CC(=O)NCCCN1CCOCC1. The molecule has 1 aliphatic rings. The number of ether oxygens (including phenoxy) is 1. The summed E-state index contributed by atoms with van der Waals surface area (Å²) in [6, 6.07) is 0. The number of nitrogens with two attached hydrogens (primary N) is 1. The number of nitrogens with zero attached hydrogens (tertiary/aromatic N) is 1. The lowest BCUT2D eigenvalue weighted by atomic mass is 10.3. The van der Waals surface area contributed by atoms with Gasteiger partial charge in [-0.2, -0.15) is 0 Å². The van der Waals surface area contributed by atoms with Crippen molar-refractivity contribution in [2.75, 3.05) is 39.4 Å². The second-order valence-corrected chi connectivity index (χ2v) is 3.83. The van der Waals surface area contributed by atoms with E-state index in [0.717, 1.165) is 51.4 Å². The molecule has 2 amide bonds. The highest BCUT2D eigenvalue weighted by Gasteiger charge is 2.09. The number of amides is 2. The van der Waals surface area contributed by atoms with Crippen LogP contribution < -0.4 is 11.1 Å². The van der Waals surface area contributed by atoms with E-state index in [9.17, 15) is 9.59 Å². The van der Waals surface area contributed by atoms with E-state index in [1.165, 1.54) is 0 Å². The number of carbonyl (C=O) groups excluding carboxylic acids is 2. The summed E-state index contributed by atoms with van der Waals surface area (Å²) >= 11 is 0. The minimum atomic E-state index is -0.617. The van der Waals surface area contributed by atoms with Crippen LogP contribution in [-0.2, 0) is 14.3 Å². The third-order valence-corrected chi connectivity index (χ3v) is 2.45. The van der Waals surface area contributed by atoms with Crippen LogP contribution in [0.15, 0.2) is 12.2 Å². The Morgan fingerprint density at radius 1 is 1.29 bits per heavy atom. The van der Waals surface area contributed by atoms with Crippen LogP contribution in [0, 0.1) is 0 Å². The summed E-state index contributed by atoms with van der Waals surface area (Å²) in [5, 5.41) is 2.69. The number of morpholine rings is 1. The number of nitrogens with one attached hydrogen (secondary N) is 1. The molecule has 0 aromatic heterocycles. The Bertz CT molecular complexity index is 286. The van der Waals surface area contributed by atoms with E-state index in [4.69, 9.17) is 10.5 Å². The summed E-state index contributed by atoms with van der Waals surface area (Å²) in [7, 11) is 0. The highest BCUT2D eigenvalue weighted by Crippen LogP contribution is 1.97. The van der Waals surface area contributed by atoms with E-state index in [1.807, 2.05) is 0 Å². The predicted octanol–water partition coefficient (Wildman–Crippen LogP) is -1.13. The summed E-state index contributed by atoms with van der Waals surface area (Å²) in [5.74, 6) is -0.903. The van der Waals surface area contributed by atoms with Gasteiger partial charge in [-0.1, -0.05) is 0 Å². The summed E-state index contributed by atoms with van der Waals surface area (Å²) in [6.07, 6.45) is 3.09. The molecule has 17 heavy (non-hydrogen) atoms. The van der Waals surface area contributed by atoms with Crippen molar-refractivity contribution in [2.24, 2.45) is 5.73 Å². The van der Waals surface area contributed by atoms with Gasteiger partial charge in [0.15, 0.2) is 0 Å². The molecule has 1 fully saturated rings. The minimum Gasteiger partial charge on any atom is -0.379 e. The number of primary amides is 1. The molecule has 0 unspecified atom stereocenters. The lowest BCUT2D eigenvalue weighted by Gasteiger charge is -2.26. The van der Waals surface area contributed by atoms with Gasteiger partial charge in [-0.05, 0) is 13.0 Å². The molecule has 0 aromatic carbocycles. The van der Waals surface area contributed by atoms with Crippen LogP contribution in [0.3, 0.4) is 0 Å². The molecular weight excluding hydrogens is 222 g/mol. The second kappa shape index (κ2) is 7.81. The predicted molar refractivity (Wildman–Crippen MR) is 63.2 cm³/mol. The summed E-state index contributed by atoms with van der Waals surface area (Å²) in [6.45, 7) is 5.02. The monoisotopic (exact) mass is 241 g/mol. The molecule has 1 heterocycles. The zero-order valence-electron chi connectivity index (χ0n) is 9.85. The first-order chi connectivity index (χ1) is 8.18. The first-order valence-electron chi connectivity index (χ1n) is 5.74. The molecule has 0 aliphatic carbocycles. The van der Waals surface area contributed by atoms with Gasteiger partial charge in [0.2, 0.25) is 11.8 Å². The number of hydrogen-bond donors (Lipinski definition) is 2. The molecule has 0 saturated carbocycles. The van der Waals surface area contributed by atoms with Crippen molar-refractivity contribution in [3.05, 3.63) is 12.2 Å². The fourth-order valence-corrected chi connectivity index (χ4v) is 1.56. The largest absolute Gasteiger partial charge is 0.379 e. The Hall–Kier alpha value is -1.40. The highest BCUT2D eigenvalue weighted by atomic mass is 16.5. The van der Waals surface area contributed by atoms with Gasteiger partial charge in [0.1, 0.15) is 0 Å². The van der Waals surface area contributed by atoms with Gasteiger partial charge >= 0.3 is 0 Å². The zero-order valence-corrected chi connectivity index (χ0v) is 9.85. The summed E-state index contributed by atoms with van der Waals surface area (Å²) in [4.78, 5) is 23.8. The molecule has 1 saturated heterocycles. The van der Waals surface area contributed by atoms with E-state index < -0.39 is 5.91 Å². The van der Waals surface area contributed by atoms with Crippen molar-refractivity contribution in [1.29, 1.82) is 0 Å². The van der Waals surface area contributed by atoms with Crippen molar-refractivity contribution in [2.45, 2.75) is 6.42 Å². The molecule has 0 atom stereocenters. The number of hydrogen-bond acceptors (Lipinski definition) is 4. The lowest BCUT2D eigenvalue weighted by molar-refractivity contribution is -0.117. The van der Waals surface area contributed by atoms with E-state index in [0.29, 0.717) is 6.54 Å². The van der Waals surface area contributed by atoms with Crippen LogP contribution >= 0.6 is 0 Å². The lowest BCUT2D eigenvalue weighted by Crippen LogP contribution is -2.38. The van der Waals surface area contributed by atoms with Crippen LogP contribution in [0.5, 0.6) is 0 Å². The standard InChI is InChI=1S/C11H19N3O3/c12-10(15)2-3-11(16)13-4-1-5-14-6-8-17-9-7-14/h2-3H,1,4-9H2,(H2,12,15)(H,13,16). The third-order valence-electron chi connectivity index (χ3n) is 2.45. The normalized spacial score (nSPS) is 17.2. The van der Waals surface area contributed by atoms with Crippen LogP contribution in [0.25, 0.3) is 0 Å². The van der Waals surface area contributed by atoms with Crippen molar-refractivity contribution in [3.8, 4) is 0 Å². The Kier molecular flexibility index (Phi) is 6.27. The molecule has 3 N–H and O–H groups in total. The van der Waals surface area contributed by atoms with E-state index >= 15 is 0 Å². The van der Waals surface area contributed by atoms with E-state index in [-0.39, 0.29) is 5.91 Å². The summed E-state index contributed by atoms with van der Waals surface area (Å²) < 4.78 is 5.23. The molecule has 1 aliphatic heterocycles. The van der Waals surface area contributed by atoms with Crippen LogP contribution in [0.1, 0.15) is 6.42 Å². The van der Waals surface area contributed by atoms with Gasteiger partial charge in [0.05, 0.1) is 13.2 Å². The zero-order chi connectivity index (χ0) is 12.5. The second-order valence-electron chi connectivity index (χ2n) is 3.83. The molecule has 0 radical (unpaired) electrons. The van der Waals surface area contributed by atoms with Gasteiger partial charge in [0.25, 0.3) is 0 Å². The topological polar surface area (TPSA) is 84.7 Å². The Labute approximate surface area is 101 Å². The Morgan fingerprint density at radius 2 is 2.00 bits per heavy atom. The number of rotatable bonds is 6. The average molecular weight is 241 g/mol. The number of carbonyl (C=O) groups is 2. The van der Waals surface area contributed by atoms with E-state index in [1.54, 1.807) is 0 Å². The first kappa shape index (κ1) is 13.7. The van der Waals surface area contributed by atoms with Gasteiger partial charge in [-0.25, -0.2) is 0 Å². The molecule has 6 heteroatoms. The first-order valence-corrected chi connectivity index (χ1v) is 5.74. The average Bonchev–Trinajstić information content (AvgIpc) is 2.33. The minimum absolute atomic E-state index is 0.286. The molecular formula is C11H19N3O3. The maximum Gasteiger partial charge on any atom is 0.244 e. The van der Waals surface area contributed by atoms with Gasteiger partial charge in [-0.3, -0.25) is 14.5 Å². The molecule has 1 rings (SSSR count). The van der Waals surface area contributed by atoms with Gasteiger partial charge in [0, 0.05) is 31.8 Å². The molecule has 0 aromatic rings. The van der Waals surface area contributed by atoms with Crippen molar-refractivity contribution >= 4 is 11.8 Å². The van der Waals surface area contributed by atoms with Gasteiger partial charge in [-0.15, -0.1) is 0 Å². The third kappa shape index (κ3) is 6.70. The van der Waals surface area contributed by atoms with Crippen LogP contribution in [0.2, 0.25) is 0 Å². The Balaban J connectivity index is 2.03. The van der Waals surface area contributed by atoms with Crippen molar-refractivity contribution in [1.82, 2.24) is 10.2 Å². The maximum atomic E-state index is 11.2. The van der Waals surface area contributed by atoms with Crippen LogP contribution in [0.4, 0.5) is 0 Å². The fraction of sp³-hybridized carbons (Fsp3) is 0.636. The van der Waals surface area contributed by atoms with Gasteiger partial charge < -0.3 is 15.8 Å². The fourth-order valence-electron chi connectivity index (χ4n) is 1.56. The maximum absolute atomic E-state index is 11.2. The molecule has 0 bridgehead atoms. The van der Waals surface area contributed by atoms with Crippen molar-refractivity contribution < 1.29 is 14.3 Å². The quantitative estimate of drug-likeness (QED) is 0.455. The van der Waals surface area contributed by atoms with Crippen LogP contribution in [-0.4, -0.2) is 56.1 Å². The Morgan fingerprint density at radius 3 is 2.65 bits per heavy atom. The molecule has 96 valence electrons. The molecule has 6 nitrogen and oxygen atoms in total. The molecule has 0 spiro atoms. The smallest absolute Gasteiger partial charge is 0.244 e. The summed E-state index contributed by atoms with van der Waals surface area (Å²) in [5.41, 5.74) is 4.87. The highest BCUT2D eigenvalue weighted by molar-refractivity contribution is 5.95. The van der Waals surface area contributed by atoms with Crippen molar-refractivity contribution in [3.63, 3.8) is 0 Å².